The van der Waals surface area contributed by atoms with Crippen molar-refractivity contribution in [2.24, 2.45) is 5.92 Å². The Bertz CT molecular complexity index is 467. The third kappa shape index (κ3) is 3.96. The Morgan fingerprint density at radius 2 is 2.30 bits per heavy atom. The maximum atomic E-state index is 12.1. The summed E-state index contributed by atoms with van der Waals surface area (Å²) < 4.78 is 1.07. The number of likely N-dealkylation sites (tertiary alicyclic amines) is 1. The number of carbonyl (C=O) groups excluding carboxylic acids is 1. The summed E-state index contributed by atoms with van der Waals surface area (Å²) in [5.41, 5.74) is 1.19. The minimum absolute atomic E-state index is 0.0273. The molecule has 20 heavy (non-hydrogen) atoms. The van der Waals surface area contributed by atoms with E-state index in [9.17, 15) is 4.79 Å². The average molecular weight is 341 g/mol. The summed E-state index contributed by atoms with van der Waals surface area (Å²) in [4.78, 5) is 13.9. The van der Waals surface area contributed by atoms with Crippen LogP contribution in [-0.4, -0.2) is 41.8 Å². The fraction of sp³-hybridized carbons (Fsp3) is 0.533. The summed E-state index contributed by atoms with van der Waals surface area (Å²) in [6, 6.07) is 8.10. The van der Waals surface area contributed by atoms with Crippen molar-refractivity contribution in [3.05, 3.63) is 34.3 Å². The van der Waals surface area contributed by atoms with Gasteiger partial charge in [0.1, 0.15) is 0 Å². The lowest BCUT2D eigenvalue weighted by atomic mass is 10.1. The molecule has 0 saturated carbocycles. The van der Waals surface area contributed by atoms with Crippen LogP contribution < -0.4 is 5.32 Å². The van der Waals surface area contributed by atoms with E-state index in [0.717, 1.165) is 23.9 Å². The SMILES string of the molecule is C[C@H](Cc1ccccc1Br)NC(=O)N1CC[C@H](CO)C1. The molecule has 0 aromatic heterocycles. The number of hydrogen-bond acceptors (Lipinski definition) is 2. The molecular formula is C15H21BrN2O2. The second kappa shape index (κ2) is 7.09. The van der Waals surface area contributed by atoms with Crippen molar-refractivity contribution in [2.75, 3.05) is 19.7 Å². The number of aliphatic hydroxyl groups is 1. The van der Waals surface area contributed by atoms with Crippen molar-refractivity contribution in [2.45, 2.75) is 25.8 Å². The number of nitrogens with zero attached hydrogens (tertiary/aromatic N) is 1. The van der Waals surface area contributed by atoms with E-state index in [-0.39, 0.29) is 24.6 Å². The lowest BCUT2D eigenvalue weighted by Gasteiger charge is -2.21. The molecule has 2 atom stereocenters. The van der Waals surface area contributed by atoms with Gasteiger partial charge in [0.2, 0.25) is 0 Å². The number of aliphatic hydroxyl groups excluding tert-OH is 1. The smallest absolute Gasteiger partial charge is 0.317 e. The molecule has 1 saturated heterocycles. The molecule has 0 radical (unpaired) electrons. The Labute approximate surface area is 128 Å². The number of rotatable bonds is 4. The van der Waals surface area contributed by atoms with Crippen LogP contribution in [0.3, 0.4) is 0 Å². The number of benzene rings is 1. The number of amides is 2. The van der Waals surface area contributed by atoms with Crippen molar-refractivity contribution < 1.29 is 9.90 Å². The fourth-order valence-corrected chi connectivity index (χ4v) is 2.96. The number of urea groups is 1. The highest BCUT2D eigenvalue weighted by Gasteiger charge is 2.26. The fourth-order valence-electron chi connectivity index (χ4n) is 2.51. The van der Waals surface area contributed by atoms with Crippen molar-refractivity contribution in [1.82, 2.24) is 10.2 Å². The Balaban J connectivity index is 1.84. The highest BCUT2D eigenvalue weighted by atomic mass is 79.9. The normalized spacial score (nSPS) is 19.9. The summed E-state index contributed by atoms with van der Waals surface area (Å²) >= 11 is 3.52. The lowest BCUT2D eigenvalue weighted by molar-refractivity contribution is 0.195. The summed E-state index contributed by atoms with van der Waals surface area (Å²) in [6.07, 6.45) is 1.69. The van der Waals surface area contributed by atoms with Crippen molar-refractivity contribution in [1.29, 1.82) is 0 Å². The zero-order chi connectivity index (χ0) is 14.5. The quantitative estimate of drug-likeness (QED) is 0.884. The van der Waals surface area contributed by atoms with Gasteiger partial charge in [-0.2, -0.15) is 0 Å². The largest absolute Gasteiger partial charge is 0.396 e. The van der Waals surface area contributed by atoms with Crippen LogP contribution in [0.25, 0.3) is 0 Å². The van der Waals surface area contributed by atoms with Crippen LogP contribution in [0, 0.1) is 5.92 Å². The first-order valence-electron chi connectivity index (χ1n) is 7.00. The molecule has 1 aliphatic heterocycles. The number of carbonyl (C=O) groups is 1. The average Bonchev–Trinajstić information content (AvgIpc) is 2.90. The molecule has 5 heteroatoms. The van der Waals surface area contributed by atoms with E-state index in [2.05, 4.69) is 27.3 Å². The molecule has 1 aromatic carbocycles. The van der Waals surface area contributed by atoms with Gasteiger partial charge < -0.3 is 15.3 Å². The zero-order valence-electron chi connectivity index (χ0n) is 11.7. The van der Waals surface area contributed by atoms with Crippen molar-refractivity contribution >= 4 is 22.0 Å². The molecule has 4 nitrogen and oxygen atoms in total. The van der Waals surface area contributed by atoms with E-state index in [1.165, 1.54) is 5.56 Å². The molecule has 2 amide bonds. The van der Waals surface area contributed by atoms with E-state index in [0.29, 0.717) is 6.54 Å². The van der Waals surface area contributed by atoms with Gasteiger partial charge >= 0.3 is 6.03 Å². The van der Waals surface area contributed by atoms with Gasteiger partial charge in [-0.3, -0.25) is 0 Å². The Morgan fingerprint density at radius 1 is 1.55 bits per heavy atom. The van der Waals surface area contributed by atoms with Gasteiger partial charge in [-0.25, -0.2) is 4.79 Å². The molecule has 0 bridgehead atoms. The Morgan fingerprint density at radius 3 is 2.95 bits per heavy atom. The van der Waals surface area contributed by atoms with Gasteiger partial charge in [0.15, 0.2) is 0 Å². The van der Waals surface area contributed by atoms with Crippen LogP contribution in [0.2, 0.25) is 0 Å². The number of halogens is 1. The Hall–Kier alpha value is -1.07. The molecule has 2 N–H and O–H groups in total. The van der Waals surface area contributed by atoms with Gasteiger partial charge in [-0.05, 0) is 31.4 Å². The zero-order valence-corrected chi connectivity index (χ0v) is 13.3. The molecule has 0 aliphatic carbocycles. The van der Waals surface area contributed by atoms with Crippen LogP contribution in [-0.2, 0) is 6.42 Å². The minimum Gasteiger partial charge on any atom is -0.396 e. The predicted molar refractivity (Wildman–Crippen MR) is 82.6 cm³/mol. The topological polar surface area (TPSA) is 52.6 Å². The monoisotopic (exact) mass is 340 g/mol. The summed E-state index contributed by atoms with van der Waals surface area (Å²) in [5, 5.41) is 12.1. The maximum Gasteiger partial charge on any atom is 0.317 e. The second-order valence-electron chi connectivity index (χ2n) is 5.43. The Kier molecular flexibility index (Phi) is 5.43. The molecule has 1 aliphatic rings. The van der Waals surface area contributed by atoms with E-state index >= 15 is 0 Å². The van der Waals surface area contributed by atoms with Crippen LogP contribution >= 0.6 is 15.9 Å². The van der Waals surface area contributed by atoms with E-state index in [1.807, 2.05) is 25.1 Å². The summed E-state index contributed by atoms with van der Waals surface area (Å²) in [5.74, 6) is 0.235. The molecule has 1 fully saturated rings. The van der Waals surface area contributed by atoms with Gasteiger partial charge in [-0.15, -0.1) is 0 Å². The van der Waals surface area contributed by atoms with Gasteiger partial charge in [0, 0.05) is 36.1 Å². The highest BCUT2D eigenvalue weighted by Crippen LogP contribution is 2.18. The van der Waals surface area contributed by atoms with Gasteiger partial charge in [-0.1, -0.05) is 34.1 Å². The molecule has 0 unspecified atom stereocenters. The predicted octanol–water partition coefficient (Wildman–Crippen LogP) is 2.40. The van der Waals surface area contributed by atoms with Crippen molar-refractivity contribution in [3.63, 3.8) is 0 Å². The third-order valence-corrected chi connectivity index (χ3v) is 4.46. The first-order chi connectivity index (χ1) is 9.60. The first kappa shape index (κ1) is 15.3. The summed E-state index contributed by atoms with van der Waals surface area (Å²) in [7, 11) is 0. The van der Waals surface area contributed by atoms with Crippen LogP contribution in [0.15, 0.2) is 28.7 Å². The molecule has 1 aromatic rings. The molecule has 0 spiro atoms. The van der Waals surface area contributed by atoms with E-state index < -0.39 is 0 Å². The minimum atomic E-state index is -0.0273. The molecule has 1 heterocycles. The van der Waals surface area contributed by atoms with Gasteiger partial charge in [0.25, 0.3) is 0 Å². The lowest BCUT2D eigenvalue weighted by Crippen LogP contribution is -2.43. The van der Waals surface area contributed by atoms with Crippen LogP contribution in [0.1, 0.15) is 18.9 Å². The van der Waals surface area contributed by atoms with E-state index in [4.69, 9.17) is 5.11 Å². The van der Waals surface area contributed by atoms with Crippen LogP contribution in [0.5, 0.6) is 0 Å². The maximum absolute atomic E-state index is 12.1. The second-order valence-corrected chi connectivity index (χ2v) is 6.28. The van der Waals surface area contributed by atoms with Crippen LogP contribution in [0.4, 0.5) is 4.79 Å². The van der Waals surface area contributed by atoms with Gasteiger partial charge in [0.05, 0.1) is 0 Å². The standard InChI is InChI=1S/C15H21BrN2O2/c1-11(8-13-4-2-3-5-14(13)16)17-15(20)18-7-6-12(9-18)10-19/h2-5,11-12,19H,6-10H2,1H3,(H,17,20)/t11-,12+/m1/s1. The third-order valence-electron chi connectivity index (χ3n) is 3.69. The van der Waals surface area contributed by atoms with Crippen molar-refractivity contribution in [3.8, 4) is 0 Å². The molecular weight excluding hydrogens is 320 g/mol. The first-order valence-corrected chi connectivity index (χ1v) is 7.79. The number of nitrogens with one attached hydrogen (secondary N) is 1. The highest BCUT2D eigenvalue weighted by molar-refractivity contribution is 9.10. The number of hydrogen-bond donors (Lipinski definition) is 2. The molecule has 2 rings (SSSR count). The van der Waals surface area contributed by atoms with E-state index in [1.54, 1.807) is 4.90 Å². The summed E-state index contributed by atoms with van der Waals surface area (Å²) in [6.45, 7) is 3.57. The molecule has 110 valence electrons.